The summed E-state index contributed by atoms with van der Waals surface area (Å²) >= 11 is 0. The first-order valence-electron chi connectivity index (χ1n) is 5.70. The number of carbonyl (C=O) groups excluding carboxylic acids is 1. The Balaban J connectivity index is 2.21. The highest BCUT2D eigenvalue weighted by Gasteiger charge is 2.46. The van der Waals surface area contributed by atoms with Crippen LogP contribution in [-0.4, -0.2) is 42.8 Å². The van der Waals surface area contributed by atoms with Crippen molar-refractivity contribution in [1.29, 1.82) is 0 Å². The Labute approximate surface area is 100 Å². The van der Waals surface area contributed by atoms with Crippen molar-refractivity contribution in [2.45, 2.75) is 31.8 Å². The van der Waals surface area contributed by atoms with Crippen LogP contribution >= 0.6 is 0 Å². The molecule has 96 valence electrons. The summed E-state index contributed by atoms with van der Waals surface area (Å²) in [6.45, 7) is 4.03. The number of methoxy groups -OCH3 is 1. The van der Waals surface area contributed by atoms with Gasteiger partial charge in [-0.15, -0.1) is 0 Å². The Morgan fingerprint density at radius 1 is 1.47 bits per heavy atom. The summed E-state index contributed by atoms with van der Waals surface area (Å²) in [6, 6.07) is 0. The van der Waals surface area contributed by atoms with E-state index < -0.39 is 23.8 Å². The fourth-order valence-electron chi connectivity index (χ4n) is 2.38. The van der Waals surface area contributed by atoms with E-state index in [0.717, 1.165) is 0 Å². The molecule has 0 aromatic heterocycles. The van der Waals surface area contributed by atoms with E-state index in [9.17, 15) is 9.90 Å². The van der Waals surface area contributed by atoms with E-state index in [4.69, 9.17) is 14.2 Å². The molecule has 1 aliphatic heterocycles. The molecule has 5 nitrogen and oxygen atoms in total. The molecular formula is C12H18O5. The molecule has 1 N–H and O–H groups in total. The fraction of sp³-hybridized carbons (Fsp3) is 0.750. The second kappa shape index (κ2) is 4.40. The van der Waals surface area contributed by atoms with E-state index in [1.54, 1.807) is 12.2 Å². The molecule has 2 rings (SSSR count). The monoisotopic (exact) mass is 242 g/mol. The van der Waals surface area contributed by atoms with Gasteiger partial charge in [-0.05, 0) is 13.8 Å². The van der Waals surface area contributed by atoms with Crippen LogP contribution in [0.4, 0.5) is 0 Å². The molecule has 5 heteroatoms. The highest BCUT2D eigenvalue weighted by atomic mass is 16.7. The standard InChI is InChI=1S/C12H18O5/c1-12(2)16-6-7-9(17-12)5-4-8(13)10(7)11(14)15-3/h4-5,7-10,13H,6H2,1-3H3/t7-,8+,9-,10+/m0/s1. The van der Waals surface area contributed by atoms with E-state index >= 15 is 0 Å². The maximum absolute atomic E-state index is 11.7. The summed E-state index contributed by atoms with van der Waals surface area (Å²) in [4.78, 5) is 11.7. The highest BCUT2D eigenvalue weighted by Crippen LogP contribution is 2.36. The lowest BCUT2D eigenvalue weighted by Crippen LogP contribution is -2.53. The van der Waals surface area contributed by atoms with Crippen molar-refractivity contribution in [2.24, 2.45) is 11.8 Å². The summed E-state index contributed by atoms with van der Waals surface area (Å²) < 4.78 is 16.0. The summed E-state index contributed by atoms with van der Waals surface area (Å²) in [6.07, 6.45) is 2.33. The summed E-state index contributed by atoms with van der Waals surface area (Å²) in [7, 11) is 1.32. The number of aliphatic hydroxyl groups is 1. The number of hydrogen-bond acceptors (Lipinski definition) is 5. The number of fused-ring (bicyclic) bond motifs is 1. The van der Waals surface area contributed by atoms with Gasteiger partial charge < -0.3 is 19.3 Å². The Hall–Kier alpha value is -0.910. The first-order chi connectivity index (χ1) is 7.94. The average Bonchev–Trinajstić information content (AvgIpc) is 2.27. The number of ether oxygens (including phenoxy) is 3. The molecule has 0 amide bonds. The molecule has 0 aromatic carbocycles. The molecule has 1 aliphatic carbocycles. The molecule has 0 spiro atoms. The minimum absolute atomic E-state index is 0.199. The fourth-order valence-corrected chi connectivity index (χ4v) is 2.38. The molecule has 0 unspecified atom stereocenters. The van der Waals surface area contributed by atoms with Gasteiger partial charge in [0.25, 0.3) is 0 Å². The van der Waals surface area contributed by atoms with Crippen molar-refractivity contribution in [1.82, 2.24) is 0 Å². The molecule has 0 bridgehead atoms. The van der Waals surface area contributed by atoms with Crippen molar-refractivity contribution >= 4 is 5.97 Å². The molecular weight excluding hydrogens is 224 g/mol. The molecule has 2 aliphatic rings. The number of esters is 1. The third-order valence-corrected chi connectivity index (χ3v) is 3.27. The van der Waals surface area contributed by atoms with Gasteiger partial charge in [-0.1, -0.05) is 12.2 Å². The van der Waals surface area contributed by atoms with Crippen molar-refractivity contribution in [3.05, 3.63) is 12.2 Å². The predicted octanol–water partition coefficient (Wildman–Crippen LogP) is 0.474. The van der Waals surface area contributed by atoms with Crippen LogP contribution < -0.4 is 0 Å². The molecule has 1 heterocycles. The highest BCUT2D eigenvalue weighted by molar-refractivity contribution is 5.74. The molecule has 0 aromatic rings. The molecule has 0 saturated carbocycles. The lowest BCUT2D eigenvalue weighted by Gasteiger charge is -2.44. The number of hydrogen-bond donors (Lipinski definition) is 1. The minimum atomic E-state index is -0.836. The smallest absolute Gasteiger partial charge is 0.312 e. The van der Waals surface area contributed by atoms with Gasteiger partial charge in [0.2, 0.25) is 0 Å². The summed E-state index contributed by atoms with van der Waals surface area (Å²) in [5, 5.41) is 9.84. The largest absolute Gasteiger partial charge is 0.469 e. The quantitative estimate of drug-likeness (QED) is 0.535. The minimum Gasteiger partial charge on any atom is -0.469 e. The first-order valence-corrected chi connectivity index (χ1v) is 5.70. The zero-order valence-electron chi connectivity index (χ0n) is 10.3. The normalized spacial score (nSPS) is 39.5. The Morgan fingerprint density at radius 2 is 2.18 bits per heavy atom. The topological polar surface area (TPSA) is 65.0 Å². The maximum Gasteiger partial charge on any atom is 0.312 e. The zero-order chi connectivity index (χ0) is 12.6. The number of aliphatic hydroxyl groups excluding tert-OH is 1. The van der Waals surface area contributed by atoms with E-state index in [0.29, 0.717) is 6.61 Å². The van der Waals surface area contributed by atoms with Crippen LogP contribution in [0.15, 0.2) is 12.2 Å². The van der Waals surface area contributed by atoms with Crippen molar-refractivity contribution < 1.29 is 24.1 Å². The van der Waals surface area contributed by atoms with E-state index in [1.165, 1.54) is 7.11 Å². The van der Waals surface area contributed by atoms with Gasteiger partial charge in [0, 0.05) is 5.92 Å². The van der Waals surface area contributed by atoms with Crippen molar-refractivity contribution in [3.63, 3.8) is 0 Å². The third kappa shape index (κ3) is 2.36. The van der Waals surface area contributed by atoms with Crippen LogP contribution in [0, 0.1) is 11.8 Å². The SMILES string of the molecule is COC(=O)[C@@H]1[C@H]2COC(C)(C)O[C@H]2C=C[C@H]1O. The Bertz CT molecular complexity index is 336. The maximum atomic E-state index is 11.7. The van der Waals surface area contributed by atoms with Gasteiger partial charge in [0.15, 0.2) is 5.79 Å². The molecule has 1 fully saturated rings. The van der Waals surface area contributed by atoms with E-state index in [2.05, 4.69) is 0 Å². The second-order valence-corrected chi connectivity index (χ2v) is 4.88. The van der Waals surface area contributed by atoms with Gasteiger partial charge in [-0.25, -0.2) is 0 Å². The Kier molecular flexibility index (Phi) is 3.25. The molecule has 1 saturated heterocycles. The lowest BCUT2D eigenvalue weighted by atomic mass is 9.79. The van der Waals surface area contributed by atoms with Crippen LogP contribution in [0.5, 0.6) is 0 Å². The van der Waals surface area contributed by atoms with Gasteiger partial charge >= 0.3 is 5.97 Å². The second-order valence-electron chi connectivity index (χ2n) is 4.88. The van der Waals surface area contributed by atoms with Crippen molar-refractivity contribution in [2.75, 3.05) is 13.7 Å². The third-order valence-electron chi connectivity index (χ3n) is 3.27. The molecule has 0 radical (unpaired) electrons. The Morgan fingerprint density at radius 3 is 2.82 bits per heavy atom. The van der Waals surface area contributed by atoms with Gasteiger partial charge in [0.1, 0.15) is 0 Å². The summed E-state index contributed by atoms with van der Waals surface area (Å²) in [5.74, 6) is -1.90. The average molecular weight is 242 g/mol. The first kappa shape index (κ1) is 12.5. The van der Waals surface area contributed by atoms with Crippen LogP contribution in [0.25, 0.3) is 0 Å². The number of carbonyl (C=O) groups is 1. The van der Waals surface area contributed by atoms with Crippen LogP contribution in [0.1, 0.15) is 13.8 Å². The summed E-state index contributed by atoms with van der Waals surface area (Å²) in [5.41, 5.74) is 0. The number of rotatable bonds is 1. The van der Waals surface area contributed by atoms with Gasteiger partial charge in [-0.2, -0.15) is 0 Å². The van der Waals surface area contributed by atoms with E-state index in [1.807, 2.05) is 13.8 Å². The van der Waals surface area contributed by atoms with Gasteiger partial charge in [0.05, 0.1) is 31.8 Å². The van der Waals surface area contributed by atoms with Gasteiger partial charge in [-0.3, -0.25) is 4.79 Å². The molecule has 17 heavy (non-hydrogen) atoms. The predicted molar refractivity (Wildman–Crippen MR) is 59.0 cm³/mol. The van der Waals surface area contributed by atoms with Crippen LogP contribution in [-0.2, 0) is 19.0 Å². The van der Waals surface area contributed by atoms with E-state index in [-0.39, 0.29) is 12.0 Å². The lowest BCUT2D eigenvalue weighted by molar-refractivity contribution is -0.292. The van der Waals surface area contributed by atoms with Crippen LogP contribution in [0.3, 0.4) is 0 Å². The van der Waals surface area contributed by atoms with Crippen molar-refractivity contribution in [3.8, 4) is 0 Å². The zero-order valence-corrected chi connectivity index (χ0v) is 10.3. The van der Waals surface area contributed by atoms with Crippen LogP contribution in [0.2, 0.25) is 0 Å². The molecule has 4 atom stereocenters.